The summed E-state index contributed by atoms with van der Waals surface area (Å²) in [7, 11) is 2.13. The van der Waals surface area contributed by atoms with E-state index in [1.165, 1.54) is 0 Å². The molecule has 1 heterocycles. The minimum Gasteiger partial charge on any atom is -0.495 e. The van der Waals surface area contributed by atoms with Gasteiger partial charge in [-0.1, -0.05) is 0 Å². The molecule has 0 aromatic heterocycles. The van der Waals surface area contributed by atoms with Crippen LogP contribution in [0.3, 0.4) is 0 Å². The molecule has 0 aromatic rings. The van der Waals surface area contributed by atoms with Gasteiger partial charge in [0.15, 0.2) is 0 Å². The third kappa shape index (κ3) is 3.21. The maximum absolute atomic E-state index is 9.39. The first kappa shape index (κ1) is 11.0. The van der Waals surface area contributed by atoms with E-state index >= 15 is 0 Å². The summed E-state index contributed by atoms with van der Waals surface area (Å²) in [6.45, 7) is 2.10. The van der Waals surface area contributed by atoms with Crippen molar-refractivity contribution in [1.29, 1.82) is 0 Å². The van der Waals surface area contributed by atoms with Crippen molar-refractivity contribution in [3.63, 3.8) is 0 Å². The fraction of sp³-hybridized carbons (Fsp3) is 0.833. The van der Waals surface area contributed by atoms with Crippen LogP contribution in [0.1, 0.15) is 32.1 Å². The third-order valence-electron chi connectivity index (χ3n) is 3.33. The van der Waals surface area contributed by atoms with E-state index < -0.39 is 0 Å². The number of hydrogen-bond acceptors (Lipinski definition) is 3. The molecule has 0 amide bonds. The topological polar surface area (TPSA) is 32.7 Å². The van der Waals surface area contributed by atoms with Crippen LogP contribution in [0.4, 0.5) is 0 Å². The molecule has 0 spiro atoms. The Labute approximate surface area is 91.7 Å². The Morgan fingerprint density at radius 1 is 1.33 bits per heavy atom. The predicted molar refractivity (Wildman–Crippen MR) is 59.5 cm³/mol. The highest BCUT2D eigenvalue weighted by molar-refractivity contribution is 5.00. The standard InChI is InChI=1S/C12H21NO2/c1-13-8-6-12(7-9-13)15-11-4-2-10(14)3-5-11/h6,10-11,14H,2-5,7-9H2,1H3. The van der Waals surface area contributed by atoms with Crippen molar-refractivity contribution in [1.82, 2.24) is 4.90 Å². The number of aliphatic hydroxyl groups is 1. The first-order valence-electron chi connectivity index (χ1n) is 5.96. The van der Waals surface area contributed by atoms with E-state index in [0.29, 0.717) is 6.10 Å². The van der Waals surface area contributed by atoms with Crippen molar-refractivity contribution in [2.75, 3.05) is 20.1 Å². The normalized spacial score (nSPS) is 33.6. The van der Waals surface area contributed by atoms with Gasteiger partial charge in [-0.15, -0.1) is 0 Å². The van der Waals surface area contributed by atoms with Gasteiger partial charge >= 0.3 is 0 Å². The molecule has 3 nitrogen and oxygen atoms in total. The van der Waals surface area contributed by atoms with Gasteiger partial charge in [-0.25, -0.2) is 0 Å². The van der Waals surface area contributed by atoms with Gasteiger partial charge in [-0.05, 0) is 38.8 Å². The van der Waals surface area contributed by atoms with Crippen molar-refractivity contribution in [2.45, 2.75) is 44.3 Å². The second-order valence-corrected chi connectivity index (χ2v) is 4.73. The molecule has 15 heavy (non-hydrogen) atoms. The van der Waals surface area contributed by atoms with E-state index in [-0.39, 0.29) is 6.10 Å². The summed E-state index contributed by atoms with van der Waals surface area (Å²) in [6.07, 6.45) is 7.31. The zero-order chi connectivity index (χ0) is 10.7. The van der Waals surface area contributed by atoms with Gasteiger partial charge in [0.05, 0.1) is 18.0 Å². The second-order valence-electron chi connectivity index (χ2n) is 4.73. The first-order chi connectivity index (χ1) is 7.24. The van der Waals surface area contributed by atoms with Crippen molar-refractivity contribution in [3.05, 3.63) is 11.8 Å². The summed E-state index contributed by atoms with van der Waals surface area (Å²) in [6, 6.07) is 0. The molecule has 0 saturated heterocycles. The van der Waals surface area contributed by atoms with Crippen LogP contribution in [-0.2, 0) is 4.74 Å². The van der Waals surface area contributed by atoms with E-state index in [4.69, 9.17) is 4.74 Å². The lowest BCUT2D eigenvalue weighted by molar-refractivity contribution is 0.0253. The quantitative estimate of drug-likeness (QED) is 0.752. The summed E-state index contributed by atoms with van der Waals surface area (Å²) in [5.74, 6) is 1.16. The Bertz CT molecular complexity index is 232. The van der Waals surface area contributed by atoms with Crippen molar-refractivity contribution >= 4 is 0 Å². The largest absolute Gasteiger partial charge is 0.495 e. The molecule has 1 fully saturated rings. The highest BCUT2D eigenvalue weighted by Crippen LogP contribution is 2.24. The van der Waals surface area contributed by atoms with Gasteiger partial charge in [-0.2, -0.15) is 0 Å². The molecule has 1 aliphatic carbocycles. The molecular formula is C12H21NO2. The Morgan fingerprint density at radius 2 is 2.07 bits per heavy atom. The molecule has 0 radical (unpaired) electrons. The molecule has 2 aliphatic rings. The van der Waals surface area contributed by atoms with E-state index in [2.05, 4.69) is 18.0 Å². The molecule has 1 aliphatic heterocycles. The van der Waals surface area contributed by atoms with Gasteiger partial charge in [0.1, 0.15) is 0 Å². The van der Waals surface area contributed by atoms with E-state index in [0.717, 1.165) is 51.0 Å². The van der Waals surface area contributed by atoms with E-state index in [1.807, 2.05) is 0 Å². The predicted octanol–water partition coefficient (Wildman–Crippen LogP) is 1.53. The number of nitrogens with zero attached hydrogens (tertiary/aromatic N) is 1. The third-order valence-corrected chi connectivity index (χ3v) is 3.33. The Kier molecular flexibility index (Phi) is 3.65. The zero-order valence-electron chi connectivity index (χ0n) is 9.48. The maximum atomic E-state index is 9.39. The SMILES string of the molecule is CN1CC=C(OC2CCC(O)CC2)CC1. The monoisotopic (exact) mass is 211 g/mol. The van der Waals surface area contributed by atoms with Gasteiger partial charge in [0, 0.05) is 19.5 Å². The summed E-state index contributed by atoms with van der Waals surface area (Å²) < 4.78 is 5.95. The molecular weight excluding hydrogens is 190 g/mol. The molecule has 1 N–H and O–H groups in total. The average molecular weight is 211 g/mol. The van der Waals surface area contributed by atoms with Gasteiger partial charge < -0.3 is 14.7 Å². The highest BCUT2D eigenvalue weighted by atomic mass is 16.5. The van der Waals surface area contributed by atoms with Crippen LogP contribution in [-0.4, -0.2) is 42.4 Å². The lowest BCUT2D eigenvalue weighted by Crippen LogP contribution is -2.28. The number of likely N-dealkylation sites (N-methyl/N-ethyl adjacent to an activating group) is 1. The number of rotatable bonds is 2. The van der Waals surface area contributed by atoms with Crippen molar-refractivity contribution in [3.8, 4) is 0 Å². The van der Waals surface area contributed by atoms with Crippen LogP contribution in [0.25, 0.3) is 0 Å². The maximum Gasteiger partial charge on any atom is 0.0984 e. The van der Waals surface area contributed by atoms with Gasteiger partial charge in [-0.3, -0.25) is 0 Å². The van der Waals surface area contributed by atoms with Gasteiger partial charge in [0.25, 0.3) is 0 Å². The van der Waals surface area contributed by atoms with Gasteiger partial charge in [0.2, 0.25) is 0 Å². The molecule has 0 atom stereocenters. The minimum absolute atomic E-state index is 0.0867. The summed E-state index contributed by atoms with van der Waals surface area (Å²) in [4.78, 5) is 2.29. The fourth-order valence-corrected chi connectivity index (χ4v) is 2.24. The molecule has 0 bridgehead atoms. The summed E-state index contributed by atoms with van der Waals surface area (Å²) in [5, 5.41) is 9.39. The van der Waals surface area contributed by atoms with E-state index in [1.54, 1.807) is 0 Å². The Morgan fingerprint density at radius 3 is 2.67 bits per heavy atom. The molecule has 2 rings (SSSR count). The van der Waals surface area contributed by atoms with E-state index in [9.17, 15) is 5.11 Å². The fourth-order valence-electron chi connectivity index (χ4n) is 2.24. The molecule has 3 heteroatoms. The van der Waals surface area contributed by atoms with Crippen LogP contribution in [0.2, 0.25) is 0 Å². The molecule has 0 aromatic carbocycles. The highest BCUT2D eigenvalue weighted by Gasteiger charge is 2.21. The van der Waals surface area contributed by atoms with Crippen LogP contribution < -0.4 is 0 Å². The van der Waals surface area contributed by atoms with Crippen LogP contribution in [0.15, 0.2) is 11.8 Å². The lowest BCUT2D eigenvalue weighted by atomic mass is 9.95. The molecule has 86 valence electrons. The number of hydrogen-bond donors (Lipinski definition) is 1. The van der Waals surface area contributed by atoms with Crippen LogP contribution in [0.5, 0.6) is 0 Å². The average Bonchev–Trinajstić information content (AvgIpc) is 2.25. The molecule has 1 saturated carbocycles. The van der Waals surface area contributed by atoms with Crippen LogP contribution >= 0.6 is 0 Å². The summed E-state index contributed by atoms with van der Waals surface area (Å²) in [5.41, 5.74) is 0. The first-order valence-corrected chi connectivity index (χ1v) is 5.96. The Balaban J connectivity index is 1.77. The second kappa shape index (κ2) is 4.99. The van der Waals surface area contributed by atoms with Crippen molar-refractivity contribution < 1.29 is 9.84 Å². The zero-order valence-corrected chi connectivity index (χ0v) is 9.48. The molecule has 0 unspecified atom stereocenters. The lowest BCUT2D eigenvalue weighted by Gasteiger charge is -2.29. The minimum atomic E-state index is -0.0867. The smallest absolute Gasteiger partial charge is 0.0984 e. The van der Waals surface area contributed by atoms with Crippen LogP contribution in [0, 0.1) is 0 Å². The number of aliphatic hydroxyl groups excluding tert-OH is 1. The number of ether oxygens (including phenoxy) is 1. The summed E-state index contributed by atoms with van der Waals surface area (Å²) >= 11 is 0. The Hall–Kier alpha value is -0.540. The van der Waals surface area contributed by atoms with Crippen molar-refractivity contribution in [2.24, 2.45) is 0 Å².